The number of hydrogen-bond donors (Lipinski definition) is 3. The molecular formula is C17H26N2O5. The van der Waals surface area contributed by atoms with Crippen LogP contribution < -0.4 is 20.5 Å². The molecule has 0 atom stereocenters. The highest BCUT2D eigenvalue weighted by atomic mass is 16.6. The fourth-order valence-electron chi connectivity index (χ4n) is 2.78. The summed E-state index contributed by atoms with van der Waals surface area (Å²) in [4.78, 5) is 12.1. The summed E-state index contributed by atoms with van der Waals surface area (Å²) in [7, 11) is 3.00. The maximum absolute atomic E-state index is 12.1. The third-order valence-electron chi connectivity index (χ3n) is 3.89. The highest BCUT2D eigenvalue weighted by molar-refractivity contribution is 5.88. The zero-order chi connectivity index (χ0) is 18.1. The number of aliphatic hydroxyl groups excluding tert-OH is 1. The van der Waals surface area contributed by atoms with Crippen LogP contribution in [0.4, 0.5) is 10.5 Å². The van der Waals surface area contributed by atoms with Crippen LogP contribution in [0.5, 0.6) is 11.5 Å². The number of nitrogens with two attached hydrogens (primary N) is 1. The number of ether oxygens (including phenoxy) is 3. The number of rotatable bonds is 4. The van der Waals surface area contributed by atoms with Crippen LogP contribution in [0.1, 0.15) is 39.2 Å². The second kappa shape index (κ2) is 6.49. The number of nitrogens with one attached hydrogen (secondary N) is 1. The van der Waals surface area contributed by atoms with E-state index in [0.29, 0.717) is 30.0 Å². The summed E-state index contributed by atoms with van der Waals surface area (Å²) in [5, 5.41) is 12.3. The minimum atomic E-state index is -0.649. The van der Waals surface area contributed by atoms with Crippen LogP contribution in [0.25, 0.3) is 0 Å². The van der Waals surface area contributed by atoms with Gasteiger partial charge < -0.3 is 25.1 Å². The molecule has 1 aliphatic carbocycles. The van der Waals surface area contributed by atoms with Crippen molar-refractivity contribution in [3.63, 3.8) is 0 Å². The molecule has 0 aliphatic heterocycles. The Balaban J connectivity index is 2.36. The molecule has 0 aromatic heterocycles. The molecule has 2 rings (SSSR count). The topological polar surface area (TPSA) is 103 Å². The van der Waals surface area contributed by atoms with Crippen LogP contribution in [0, 0.1) is 0 Å². The summed E-state index contributed by atoms with van der Waals surface area (Å²) in [5.41, 5.74) is 6.23. The van der Waals surface area contributed by atoms with Gasteiger partial charge in [-0.15, -0.1) is 0 Å². The Morgan fingerprint density at radius 3 is 2.38 bits per heavy atom. The molecule has 7 heteroatoms. The van der Waals surface area contributed by atoms with Gasteiger partial charge in [-0.1, -0.05) is 0 Å². The summed E-state index contributed by atoms with van der Waals surface area (Å²) in [6, 6.07) is 3.50. The molecule has 0 saturated heterocycles. The van der Waals surface area contributed by atoms with Crippen molar-refractivity contribution < 1.29 is 24.1 Å². The molecule has 1 saturated carbocycles. The van der Waals surface area contributed by atoms with E-state index in [9.17, 15) is 9.90 Å². The zero-order valence-electron chi connectivity index (χ0n) is 14.8. The van der Waals surface area contributed by atoms with Gasteiger partial charge in [0.1, 0.15) is 5.60 Å². The Labute approximate surface area is 142 Å². The number of carbonyl (C=O) groups is 1. The molecule has 0 radical (unpaired) electrons. The first-order valence-electron chi connectivity index (χ1n) is 7.81. The van der Waals surface area contributed by atoms with E-state index in [1.54, 1.807) is 32.9 Å². The van der Waals surface area contributed by atoms with E-state index < -0.39 is 23.3 Å². The minimum Gasteiger partial charge on any atom is -0.493 e. The Kier molecular flexibility index (Phi) is 4.96. The average molecular weight is 338 g/mol. The van der Waals surface area contributed by atoms with Crippen LogP contribution in [-0.4, -0.2) is 37.1 Å². The fraction of sp³-hybridized carbons (Fsp3) is 0.588. The van der Waals surface area contributed by atoms with Gasteiger partial charge in [0.25, 0.3) is 0 Å². The molecular weight excluding hydrogens is 312 g/mol. The van der Waals surface area contributed by atoms with E-state index in [-0.39, 0.29) is 0 Å². The fourth-order valence-corrected chi connectivity index (χ4v) is 2.78. The number of hydrogen-bond acceptors (Lipinski definition) is 6. The number of methoxy groups -OCH3 is 2. The van der Waals surface area contributed by atoms with Crippen LogP contribution in [0.2, 0.25) is 0 Å². The van der Waals surface area contributed by atoms with Crippen molar-refractivity contribution in [2.45, 2.75) is 50.9 Å². The first-order valence-corrected chi connectivity index (χ1v) is 7.81. The Morgan fingerprint density at radius 2 is 1.92 bits per heavy atom. The van der Waals surface area contributed by atoms with Gasteiger partial charge in [0, 0.05) is 5.54 Å². The molecule has 1 amide bonds. The first-order chi connectivity index (χ1) is 11.1. The van der Waals surface area contributed by atoms with Crippen LogP contribution in [-0.2, 0) is 10.3 Å². The second-order valence-corrected chi connectivity index (χ2v) is 7.10. The van der Waals surface area contributed by atoms with Gasteiger partial charge in [-0.05, 0) is 51.3 Å². The lowest BCUT2D eigenvalue weighted by atomic mass is 9.70. The van der Waals surface area contributed by atoms with Gasteiger partial charge in [-0.2, -0.15) is 0 Å². The highest BCUT2D eigenvalue weighted by Gasteiger charge is 2.42. The summed E-state index contributed by atoms with van der Waals surface area (Å²) >= 11 is 0. The van der Waals surface area contributed by atoms with E-state index in [4.69, 9.17) is 19.9 Å². The molecule has 1 aromatic carbocycles. The number of aliphatic hydroxyl groups is 1. The van der Waals surface area contributed by atoms with Crippen molar-refractivity contribution in [2.75, 3.05) is 19.5 Å². The van der Waals surface area contributed by atoms with Crippen molar-refractivity contribution in [3.05, 3.63) is 17.7 Å². The summed E-state index contributed by atoms with van der Waals surface area (Å²) in [6.07, 6.45) is -0.104. The van der Waals surface area contributed by atoms with Crippen LogP contribution in [0.15, 0.2) is 12.1 Å². The zero-order valence-corrected chi connectivity index (χ0v) is 14.8. The molecule has 0 heterocycles. The van der Waals surface area contributed by atoms with E-state index in [1.165, 1.54) is 14.2 Å². The van der Waals surface area contributed by atoms with Gasteiger partial charge in [0.2, 0.25) is 0 Å². The predicted molar refractivity (Wildman–Crippen MR) is 90.5 cm³/mol. The largest absolute Gasteiger partial charge is 0.493 e. The molecule has 0 bridgehead atoms. The van der Waals surface area contributed by atoms with Crippen molar-refractivity contribution in [1.82, 2.24) is 0 Å². The SMILES string of the molecule is COc1cc(C2(N)CC(O)C2)cc(NC(=O)OC(C)(C)C)c1OC. The van der Waals surface area contributed by atoms with Gasteiger partial charge in [-0.25, -0.2) is 4.79 Å². The Morgan fingerprint density at radius 1 is 1.29 bits per heavy atom. The van der Waals surface area contributed by atoms with Crippen LogP contribution >= 0.6 is 0 Å². The quantitative estimate of drug-likeness (QED) is 0.779. The summed E-state index contributed by atoms with van der Waals surface area (Å²) in [5.74, 6) is 0.836. The van der Waals surface area contributed by atoms with Crippen molar-refractivity contribution in [2.24, 2.45) is 5.73 Å². The monoisotopic (exact) mass is 338 g/mol. The second-order valence-electron chi connectivity index (χ2n) is 7.10. The smallest absolute Gasteiger partial charge is 0.412 e. The number of carbonyl (C=O) groups excluding carboxylic acids is 1. The molecule has 1 fully saturated rings. The molecule has 1 aliphatic rings. The average Bonchev–Trinajstić information content (AvgIpc) is 2.42. The Bertz CT molecular complexity index is 618. The van der Waals surface area contributed by atoms with Crippen molar-refractivity contribution in [3.8, 4) is 11.5 Å². The van der Waals surface area contributed by atoms with Crippen molar-refractivity contribution in [1.29, 1.82) is 0 Å². The summed E-state index contributed by atoms with van der Waals surface area (Å²) < 4.78 is 16.0. The predicted octanol–water partition coefficient (Wildman–Crippen LogP) is 2.36. The highest BCUT2D eigenvalue weighted by Crippen LogP contribution is 2.45. The number of benzene rings is 1. The maximum atomic E-state index is 12.1. The molecule has 1 aromatic rings. The molecule has 0 unspecified atom stereocenters. The third-order valence-corrected chi connectivity index (χ3v) is 3.89. The lowest BCUT2D eigenvalue weighted by Crippen LogP contribution is -2.51. The molecule has 0 spiro atoms. The standard InChI is InChI=1S/C17H26N2O5/c1-16(2,3)24-15(21)19-12-6-10(17(18)8-11(20)9-17)7-13(22-4)14(12)23-5/h6-7,11,20H,8-9,18H2,1-5H3,(H,19,21). The van der Waals surface area contributed by atoms with E-state index in [0.717, 1.165) is 5.56 Å². The van der Waals surface area contributed by atoms with Crippen molar-refractivity contribution >= 4 is 11.8 Å². The van der Waals surface area contributed by atoms with Gasteiger partial charge in [-0.3, -0.25) is 5.32 Å². The molecule has 24 heavy (non-hydrogen) atoms. The molecule has 4 N–H and O–H groups in total. The van der Waals surface area contributed by atoms with Gasteiger partial charge in [0.15, 0.2) is 11.5 Å². The van der Waals surface area contributed by atoms with Gasteiger partial charge >= 0.3 is 6.09 Å². The number of anilines is 1. The van der Waals surface area contributed by atoms with Crippen LogP contribution in [0.3, 0.4) is 0 Å². The first kappa shape index (κ1) is 18.4. The molecule has 134 valence electrons. The van der Waals surface area contributed by atoms with E-state index >= 15 is 0 Å². The normalized spacial score (nSPS) is 23.2. The van der Waals surface area contributed by atoms with E-state index in [2.05, 4.69) is 5.32 Å². The van der Waals surface area contributed by atoms with Gasteiger partial charge in [0.05, 0.1) is 26.0 Å². The molecule has 7 nitrogen and oxygen atoms in total. The van der Waals surface area contributed by atoms with E-state index in [1.807, 2.05) is 0 Å². The Hall–Kier alpha value is -1.99. The lowest BCUT2D eigenvalue weighted by Gasteiger charge is -2.43. The maximum Gasteiger partial charge on any atom is 0.412 e. The lowest BCUT2D eigenvalue weighted by molar-refractivity contribution is 0.0208. The summed E-state index contributed by atoms with van der Waals surface area (Å²) in [6.45, 7) is 5.35. The minimum absolute atomic E-state index is 0.385. The number of amides is 1. The third kappa shape index (κ3) is 3.91.